The third-order valence-electron chi connectivity index (χ3n) is 4.89. The van der Waals surface area contributed by atoms with Gasteiger partial charge >= 0.3 is 0 Å². The van der Waals surface area contributed by atoms with Gasteiger partial charge in [0.25, 0.3) is 0 Å². The van der Waals surface area contributed by atoms with Crippen molar-refractivity contribution < 1.29 is 19.1 Å². The van der Waals surface area contributed by atoms with Crippen molar-refractivity contribution >= 4 is 23.0 Å². The predicted molar refractivity (Wildman–Crippen MR) is 98.9 cm³/mol. The molecule has 6 heteroatoms. The van der Waals surface area contributed by atoms with Crippen molar-refractivity contribution in [1.82, 2.24) is 4.90 Å². The van der Waals surface area contributed by atoms with Crippen LogP contribution in [-0.4, -0.2) is 49.0 Å². The lowest BCUT2D eigenvalue weighted by molar-refractivity contribution is -0.139. The van der Waals surface area contributed by atoms with E-state index in [0.29, 0.717) is 39.1 Å². The number of hydrogen-bond donors (Lipinski definition) is 0. The smallest absolute Gasteiger partial charge is 0.227 e. The van der Waals surface area contributed by atoms with Crippen LogP contribution in [0.4, 0.5) is 0 Å². The van der Waals surface area contributed by atoms with Crippen LogP contribution in [-0.2, 0) is 22.4 Å². The zero-order chi connectivity index (χ0) is 17.9. The Balaban J connectivity index is 1.34. The molecule has 1 fully saturated rings. The highest BCUT2D eigenvalue weighted by Gasteiger charge is 2.26. The van der Waals surface area contributed by atoms with Crippen molar-refractivity contribution in [3.05, 3.63) is 51.7 Å². The average Bonchev–Trinajstić information content (AvgIpc) is 3.30. The van der Waals surface area contributed by atoms with Crippen molar-refractivity contribution in [3.8, 4) is 5.75 Å². The Morgan fingerprint density at radius 2 is 2.23 bits per heavy atom. The molecule has 1 aliphatic carbocycles. The molecule has 0 N–H and O–H groups in total. The number of ether oxygens (including phenoxy) is 2. The van der Waals surface area contributed by atoms with Gasteiger partial charge in [-0.05, 0) is 34.9 Å². The van der Waals surface area contributed by atoms with Crippen LogP contribution in [0.1, 0.15) is 27.9 Å². The molecule has 2 heterocycles. The number of rotatable bonds is 5. The van der Waals surface area contributed by atoms with E-state index in [9.17, 15) is 9.59 Å². The van der Waals surface area contributed by atoms with Crippen LogP contribution in [0, 0.1) is 0 Å². The van der Waals surface area contributed by atoms with Crippen molar-refractivity contribution in [2.24, 2.45) is 0 Å². The second kappa shape index (κ2) is 7.60. The van der Waals surface area contributed by atoms with E-state index in [1.807, 2.05) is 39.9 Å². The molecule has 26 heavy (non-hydrogen) atoms. The standard InChI is InChI=1S/C20H21NO4S/c22-18-5-4-17-16(18)2-1-3-19(17)25-12-15-11-21(7-8-24-15)20(23)10-14-6-9-26-13-14/h1-3,6,9,13,15H,4-5,7-8,10-12H2. The van der Waals surface area contributed by atoms with Gasteiger partial charge in [-0.3, -0.25) is 9.59 Å². The number of carbonyl (C=O) groups is 2. The first-order chi connectivity index (χ1) is 12.7. The fourth-order valence-electron chi connectivity index (χ4n) is 3.50. The van der Waals surface area contributed by atoms with Crippen LogP contribution < -0.4 is 4.74 Å². The van der Waals surface area contributed by atoms with E-state index in [2.05, 4.69) is 0 Å². The fraction of sp³-hybridized carbons (Fsp3) is 0.400. The summed E-state index contributed by atoms with van der Waals surface area (Å²) >= 11 is 1.60. The summed E-state index contributed by atoms with van der Waals surface area (Å²) in [4.78, 5) is 26.2. The number of Topliss-reactive ketones (excluding diaryl/α,β-unsaturated/α-hetero) is 1. The first-order valence-corrected chi connectivity index (χ1v) is 9.83. The molecule has 1 unspecified atom stereocenters. The van der Waals surface area contributed by atoms with E-state index in [1.165, 1.54) is 0 Å². The Hall–Kier alpha value is -2.18. The molecule has 0 spiro atoms. The van der Waals surface area contributed by atoms with Gasteiger partial charge in [-0.2, -0.15) is 11.3 Å². The van der Waals surface area contributed by atoms with Gasteiger partial charge in [-0.15, -0.1) is 0 Å². The molecule has 0 saturated carbocycles. The maximum Gasteiger partial charge on any atom is 0.227 e. The Kier molecular flexibility index (Phi) is 5.04. The van der Waals surface area contributed by atoms with Crippen LogP contribution in [0.15, 0.2) is 35.0 Å². The third-order valence-corrected chi connectivity index (χ3v) is 5.62. The van der Waals surface area contributed by atoms with Gasteiger partial charge < -0.3 is 14.4 Å². The zero-order valence-corrected chi connectivity index (χ0v) is 15.3. The monoisotopic (exact) mass is 371 g/mol. The lowest BCUT2D eigenvalue weighted by atomic mass is 10.1. The molecule has 2 aliphatic rings. The quantitative estimate of drug-likeness (QED) is 0.811. The van der Waals surface area contributed by atoms with Gasteiger partial charge in [0.05, 0.1) is 19.6 Å². The fourth-order valence-corrected chi connectivity index (χ4v) is 4.17. The van der Waals surface area contributed by atoms with E-state index in [0.717, 1.165) is 28.9 Å². The lowest BCUT2D eigenvalue weighted by Gasteiger charge is -2.33. The molecule has 0 bridgehead atoms. The summed E-state index contributed by atoms with van der Waals surface area (Å²) < 4.78 is 11.7. The highest BCUT2D eigenvalue weighted by Crippen LogP contribution is 2.30. The number of hydrogen-bond acceptors (Lipinski definition) is 5. The molecule has 5 nitrogen and oxygen atoms in total. The molecule has 1 saturated heterocycles. The Bertz CT molecular complexity index is 802. The van der Waals surface area contributed by atoms with Gasteiger partial charge in [-0.1, -0.05) is 12.1 Å². The van der Waals surface area contributed by atoms with Gasteiger partial charge in [0.1, 0.15) is 18.5 Å². The number of nitrogens with zero attached hydrogens (tertiary/aromatic N) is 1. The summed E-state index contributed by atoms with van der Waals surface area (Å²) in [5.41, 5.74) is 2.84. The third kappa shape index (κ3) is 3.66. The van der Waals surface area contributed by atoms with Crippen LogP contribution in [0.3, 0.4) is 0 Å². The lowest BCUT2D eigenvalue weighted by Crippen LogP contribution is -2.48. The maximum absolute atomic E-state index is 12.5. The minimum Gasteiger partial charge on any atom is -0.491 e. The summed E-state index contributed by atoms with van der Waals surface area (Å²) in [7, 11) is 0. The van der Waals surface area contributed by atoms with E-state index in [-0.39, 0.29) is 17.8 Å². The summed E-state index contributed by atoms with van der Waals surface area (Å²) in [5, 5.41) is 4.00. The molecule has 1 aromatic heterocycles. The van der Waals surface area contributed by atoms with Crippen LogP contribution >= 0.6 is 11.3 Å². The highest BCUT2D eigenvalue weighted by molar-refractivity contribution is 7.08. The molecule has 1 aromatic carbocycles. The zero-order valence-electron chi connectivity index (χ0n) is 14.5. The summed E-state index contributed by atoms with van der Waals surface area (Å²) in [6, 6.07) is 7.61. The number of fused-ring (bicyclic) bond motifs is 1. The maximum atomic E-state index is 12.5. The van der Waals surface area contributed by atoms with Gasteiger partial charge in [0.15, 0.2) is 5.78 Å². The number of benzene rings is 1. The van der Waals surface area contributed by atoms with E-state index < -0.39 is 0 Å². The van der Waals surface area contributed by atoms with Crippen molar-refractivity contribution in [2.75, 3.05) is 26.3 Å². The second-order valence-electron chi connectivity index (χ2n) is 6.66. The van der Waals surface area contributed by atoms with Gasteiger partial charge in [0, 0.05) is 24.1 Å². The summed E-state index contributed by atoms with van der Waals surface area (Å²) in [5.74, 6) is 1.08. The summed E-state index contributed by atoms with van der Waals surface area (Å²) in [6.45, 7) is 2.06. The number of carbonyl (C=O) groups excluding carboxylic acids is 2. The number of thiophene rings is 1. The SMILES string of the molecule is O=C1CCc2c(OCC3CN(C(=O)Cc4ccsc4)CCO3)cccc21. The average molecular weight is 371 g/mol. The molecule has 4 rings (SSSR count). The second-order valence-corrected chi connectivity index (χ2v) is 7.44. The Morgan fingerprint density at radius 1 is 1.31 bits per heavy atom. The van der Waals surface area contributed by atoms with Crippen LogP contribution in [0.25, 0.3) is 0 Å². The molecule has 1 aliphatic heterocycles. The van der Waals surface area contributed by atoms with Crippen molar-refractivity contribution in [3.63, 3.8) is 0 Å². The topological polar surface area (TPSA) is 55.8 Å². The van der Waals surface area contributed by atoms with Crippen LogP contribution in [0.2, 0.25) is 0 Å². The van der Waals surface area contributed by atoms with Gasteiger partial charge in [0.2, 0.25) is 5.91 Å². The molecule has 2 aromatic rings. The first kappa shape index (κ1) is 17.2. The Morgan fingerprint density at radius 3 is 3.08 bits per heavy atom. The van der Waals surface area contributed by atoms with E-state index in [1.54, 1.807) is 11.3 Å². The van der Waals surface area contributed by atoms with Crippen molar-refractivity contribution in [2.45, 2.75) is 25.4 Å². The molecular formula is C20H21NO4S. The number of amides is 1. The molecule has 0 radical (unpaired) electrons. The van der Waals surface area contributed by atoms with Crippen molar-refractivity contribution in [1.29, 1.82) is 0 Å². The number of ketones is 1. The minimum absolute atomic E-state index is 0.128. The molecular weight excluding hydrogens is 350 g/mol. The predicted octanol–water partition coefficient (Wildman–Crippen LogP) is 2.73. The number of morpholine rings is 1. The Labute approximate surface area is 156 Å². The molecule has 1 atom stereocenters. The first-order valence-electron chi connectivity index (χ1n) is 8.89. The van der Waals surface area contributed by atoms with E-state index in [4.69, 9.17) is 9.47 Å². The minimum atomic E-state index is -0.150. The normalized spacial score (nSPS) is 19.5. The molecule has 136 valence electrons. The largest absolute Gasteiger partial charge is 0.491 e. The summed E-state index contributed by atoms with van der Waals surface area (Å²) in [6.07, 6.45) is 1.58. The molecule has 1 amide bonds. The van der Waals surface area contributed by atoms with Crippen LogP contribution in [0.5, 0.6) is 5.75 Å². The van der Waals surface area contributed by atoms with E-state index >= 15 is 0 Å². The highest BCUT2D eigenvalue weighted by atomic mass is 32.1. The van der Waals surface area contributed by atoms with Gasteiger partial charge in [-0.25, -0.2) is 0 Å².